The number of rotatable bonds is 6. The van der Waals surface area contributed by atoms with Crippen molar-refractivity contribution in [1.82, 2.24) is 10.5 Å². The van der Waals surface area contributed by atoms with E-state index in [0.29, 0.717) is 11.3 Å². The largest absolute Gasteiger partial charge is 0.497 e. The van der Waals surface area contributed by atoms with Crippen LogP contribution in [0.1, 0.15) is 28.4 Å². The average Bonchev–Trinajstić information content (AvgIpc) is 3.19. The van der Waals surface area contributed by atoms with Crippen LogP contribution in [0.4, 0.5) is 28.4 Å². The van der Waals surface area contributed by atoms with Gasteiger partial charge in [-0.3, -0.25) is 14.4 Å². The molecule has 0 atom stereocenters. The van der Waals surface area contributed by atoms with Gasteiger partial charge in [0.1, 0.15) is 16.3 Å². The number of nitrogens with zero attached hydrogens (tertiary/aromatic N) is 1. The van der Waals surface area contributed by atoms with Crippen molar-refractivity contribution in [3.05, 3.63) is 58.1 Å². The van der Waals surface area contributed by atoms with Gasteiger partial charge in [0.25, 0.3) is 11.8 Å². The predicted molar refractivity (Wildman–Crippen MR) is 107 cm³/mol. The van der Waals surface area contributed by atoms with Gasteiger partial charge >= 0.3 is 0 Å². The lowest BCUT2D eigenvalue weighted by Crippen LogP contribution is -2.25. The first kappa shape index (κ1) is 16.0. The highest BCUT2D eigenvalue weighted by molar-refractivity contribution is 7.17. The molecular formula is C19H14F4N4O4S. The summed E-state index contributed by atoms with van der Waals surface area (Å²) in [5.41, 5.74) is 2.81. The SMILES string of the molecule is [2H]C([2H])([2H])ONC(=O)c1sc(N)nc1C(=O)Nc1c(F)c(F)c(-c2cccc(OC([2H])([2H])[2H])c2)c(F)c1F. The fourth-order valence-electron chi connectivity index (χ4n) is 2.62. The molecule has 32 heavy (non-hydrogen) atoms. The Morgan fingerprint density at radius 3 is 2.47 bits per heavy atom. The Kier molecular flexibility index (Phi) is 4.60. The molecule has 0 fully saturated rings. The summed E-state index contributed by atoms with van der Waals surface area (Å²) in [6, 6.07) is 4.10. The normalized spacial score (nSPS) is 14.2. The molecule has 168 valence electrons. The lowest BCUT2D eigenvalue weighted by atomic mass is 10.0. The number of benzene rings is 2. The molecule has 1 aromatic heterocycles. The van der Waals surface area contributed by atoms with Gasteiger partial charge in [-0.2, -0.15) is 0 Å². The van der Waals surface area contributed by atoms with Crippen LogP contribution in [0.25, 0.3) is 11.1 Å². The van der Waals surface area contributed by atoms with Crippen molar-refractivity contribution < 1.29 is 44.9 Å². The predicted octanol–water partition coefficient (Wildman–Crippen LogP) is 3.50. The van der Waals surface area contributed by atoms with Crippen LogP contribution < -0.4 is 21.3 Å². The highest BCUT2D eigenvalue weighted by Gasteiger charge is 2.30. The minimum Gasteiger partial charge on any atom is -0.497 e. The molecule has 0 spiro atoms. The smallest absolute Gasteiger partial charge is 0.287 e. The zero-order valence-corrected chi connectivity index (χ0v) is 16.2. The first-order valence-electron chi connectivity index (χ1n) is 11.2. The molecule has 3 aromatic rings. The Hall–Kier alpha value is -3.71. The van der Waals surface area contributed by atoms with Gasteiger partial charge in [-0.1, -0.05) is 23.5 Å². The number of nitrogens with one attached hydrogen (secondary N) is 2. The van der Waals surface area contributed by atoms with E-state index in [1.807, 2.05) is 0 Å². The van der Waals surface area contributed by atoms with Crippen LogP contribution in [0.2, 0.25) is 0 Å². The molecule has 3 rings (SSSR count). The van der Waals surface area contributed by atoms with Gasteiger partial charge < -0.3 is 15.8 Å². The minimum absolute atomic E-state index is 0.374. The standard InChI is InChI=1S/C19H14F4N4O4S/c1-30-8-5-3-4-7(6-8)9-10(20)12(22)14(13(23)11(9)21)25-17(28)15-16(18(29)27-31-2)32-19(24)26-15/h3-6H,1-2H3,(H2,24,26)(H,25,28)(H,27,29)/i1D3,2D3. The lowest BCUT2D eigenvalue weighted by Gasteiger charge is -2.13. The second-order valence-corrected chi connectivity index (χ2v) is 6.88. The maximum Gasteiger partial charge on any atom is 0.287 e. The number of methoxy groups -OCH3 is 1. The molecule has 2 aromatic carbocycles. The van der Waals surface area contributed by atoms with Gasteiger partial charge in [0.15, 0.2) is 34.1 Å². The van der Waals surface area contributed by atoms with E-state index in [9.17, 15) is 27.2 Å². The van der Waals surface area contributed by atoms with Crippen LogP contribution in [-0.2, 0) is 4.84 Å². The monoisotopic (exact) mass is 476 g/mol. The van der Waals surface area contributed by atoms with Crippen LogP contribution in [0, 0.1) is 23.3 Å². The number of ether oxygens (including phenoxy) is 1. The van der Waals surface area contributed by atoms with Gasteiger partial charge in [0.05, 0.1) is 27.9 Å². The van der Waals surface area contributed by atoms with E-state index in [-0.39, 0.29) is 5.75 Å². The maximum atomic E-state index is 14.9. The molecule has 0 bridgehead atoms. The molecule has 8 nitrogen and oxygen atoms in total. The fourth-order valence-corrected chi connectivity index (χ4v) is 3.34. The highest BCUT2D eigenvalue weighted by atomic mass is 32.1. The number of hydrogen-bond acceptors (Lipinski definition) is 7. The number of amides is 2. The number of nitrogens with two attached hydrogens (primary N) is 1. The number of hydrogen-bond donors (Lipinski definition) is 3. The van der Waals surface area contributed by atoms with E-state index in [1.165, 1.54) is 5.48 Å². The zero-order chi connectivity index (χ0) is 28.6. The fraction of sp³-hybridized carbons (Fsp3) is 0.105. The third-order valence-corrected chi connectivity index (χ3v) is 4.83. The van der Waals surface area contributed by atoms with Crippen LogP contribution >= 0.6 is 11.3 Å². The number of halogens is 4. The number of nitrogen functional groups attached to an aromatic ring is 1. The van der Waals surface area contributed by atoms with Gasteiger partial charge in [-0.05, 0) is 17.7 Å². The van der Waals surface area contributed by atoms with Gasteiger partial charge in [0, 0.05) is 0 Å². The third kappa shape index (κ3) is 4.20. The summed E-state index contributed by atoms with van der Waals surface area (Å²) in [6.07, 6.45) is 0. The molecule has 0 aliphatic carbocycles. The van der Waals surface area contributed by atoms with Gasteiger partial charge in [0.2, 0.25) is 0 Å². The summed E-state index contributed by atoms with van der Waals surface area (Å²) in [6.45, 7) is 0. The second-order valence-electron chi connectivity index (χ2n) is 5.85. The molecule has 0 radical (unpaired) electrons. The van der Waals surface area contributed by atoms with E-state index in [0.717, 1.165) is 24.3 Å². The molecule has 4 N–H and O–H groups in total. The van der Waals surface area contributed by atoms with Crippen molar-refractivity contribution in [2.45, 2.75) is 0 Å². The van der Waals surface area contributed by atoms with E-state index in [1.54, 1.807) is 5.32 Å². The third-order valence-electron chi connectivity index (χ3n) is 3.95. The molecule has 1 heterocycles. The first-order valence-corrected chi connectivity index (χ1v) is 9.01. The van der Waals surface area contributed by atoms with Crippen molar-refractivity contribution in [2.24, 2.45) is 0 Å². The average molecular weight is 476 g/mol. The molecule has 0 saturated heterocycles. The Balaban J connectivity index is 1.97. The van der Waals surface area contributed by atoms with E-state index in [2.05, 4.69) is 14.6 Å². The molecular weight excluding hydrogens is 456 g/mol. The maximum absolute atomic E-state index is 14.9. The van der Waals surface area contributed by atoms with E-state index < -0.39 is 81.7 Å². The molecule has 0 saturated carbocycles. The van der Waals surface area contributed by atoms with Crippen molar-refractivity contribution >= 4 is 34.0 Å². The second kappa shape index (κ2) is 9.20. The quantitative estimate of drug-likeness (QED) is 0.285. The summed E-state index contributed by atoms with van der Waals surface area (Å²) in [7, 11) is -5.98. The number of anilines is 2. The summed E-state index contributed by atoms with van der Waals surface area (Å²) in [4.78, 5) is 31.8. The Morgan fingerprint density at radius 1 is 1.09 bits per heavy atom. The summed E-state index contributed by atoms with van der Waals surface area (Å²) in [5, 5.41) is 1.17. The number of hydroxylamine groups is 1. The topological polar surface area (TPSA) is 116 Å². The van der Waals surface area contributed by atoms with Gasteiger partial charge in [-0.25, -0.2) is 28.0 Å². The van der Waals surface area contributed by atoms with Crippen molar-refractivity contribution in [3.8, 4) is 16.9 Å². The van der Waals surface area contributed by atoms with Crippen LogP contribution in [-0.4, -0.2) is 30.9 Å². The molecule has 0 aliphatic rings. The van der Waals surface area contributed by atoms with E-state index >= 15 is 0 Å². The van der Waals surface area contributed by atoms with Crippen molar-refractivity contribution in [3.63, 3.8) is 0 Å². The molecule has 0 unspecified atom stereocenters. The van der Waals surface area contributed by atoms with Crippen LogP contribution in [0.15, 0.2) is 24.3 Å². The Labute approximate surface area is 190 Å². The first-order chi connectivity index (χ1) is 17.5. The number of carbonyl (C=O) groups is 2. The summed E-state index contributed by atoms with van der Waals surface area (Å²) >= 11 is 0.374. The number of thiazole rings is 1. The highest BCUT2D eigenvalue weighted by Crippen LogP contribution is 2.36. The molecule has 2 amide bonds. The number of aromatic nitrogens is 1. The lowest BCUT2D eigenvalue weighted by molar-refractivity contribution is 0.0539. The Morgan fingerprint density at radius 2 is 1.81 bits per heavy atom. The Bertz CT molecular complexity index is 1390. The number of carbonyl (C=O) groups excluding carboxylic acids is 2. The minimum atomic E-state index is -3.06. The molecule has 13 heteroatoms. The van der Waals surface area contributed by atoms with Crippen LogP contribution in [0.5, 0.6) is 5.75 Å². The van der Waals surface area contributed by atoms with Crippen molar-refractivity contribution in [2.75, 3.05) is 25.1 Å². The summed E-state index contributed by atoms with van der Waals surface area (Å²) < 4.78 is 106. The zero-order valence-electron chi connectivity index (χ0n) is 21.4. The van der Waals surface area contributed by atoms with Crippen LogP contribution in [0.3, 0.4) is 0 Å². The molecule has 0 aliphatic heterocycles. The van der Waals surface area contributed by atoms with Gasteiger partial charge in [-0.15, -0.1) is 0 Å². The van der Waals surface area contributed by atoms with E-state index in [4.69, 9.17) is 14.0 Å². The summed E-state index contributed by atoms with van der Waals surface area (Å²) in [5.74, 6) is -11.2. The van der Waals surface area contributed by atoms with Crippen molar-refractivity contribution in [1.29, 1.82) is 0 Å².